The first-order chi connectivity index (χ1) is 8.22. The van der Waals surface area contributed by atoms with Crippen LogP contribution in [0.25, 0.3) is 0 Å². The summed E-state index contributed by atoms with van der Waals surface area (Å²) in [6.45, 7) is 3.25. The van der Waals surface area contributed by atoms with Crippen molar-refractivity contribution in [3.8, 4) is 0 Å². The maximum absolute atomic E-state index is 5.89. The molecule has 0 aliphatic heterocycles. The topological polar surface area (TPSA) is 55.3 Å². The van der Waals surface area contributed by atoms with Gasteiger partial charge in [-0.2, -0.15) is 0 Å². The highest BCUT2D eigenvalue weighted by atomic mass is 15.2. The Morgan fingerprint density at radius 2 is 1.82 bits per heavy atom. The van der Waals surface area contributed by atoms with Gasteiger partial charge < -0.3 is 16.4 Å². The van der Waals surface area contributed by atoms with Gasteiger partial charge in [0.2, 0.25) is 0 Å². The molecule has 3 nitrogen and oxygen atoms in total. The molecule has 1 aromatic carbocycles. The van der Waals surface area contributed by atoms with E-state index in [9.17, 15) is 0 Å². The molecule has 2 rings (SSSR count). The Morgan fingerprint density at radius 1 is 1.12 bits per heavy atom. The number of nitrogens with two attached hydrogens (primary N) is 2. The number of nitrogen functional groups attached to an aromatic ring is 2. The van der Waals surface area contributed by atoms with E-state index in [0.717, 1.165) is 6.54 Å². The highest BCUT2D eigenvalue weighted by Gasteiger charge is 2.20. The molecule has 3 heteroatoms. The Balaban J connectivity index is 2.18. The largest absolute Gasteiger partial charge is 0.397 e. The molecule has 0 unspecified atom stereocenters. The lowest BCUT2D eigenvalue weighted by Crippen LogP contribution is -2.36. The minimum atomic E-state index is 0.674. The maximum atomic E-state index is 5.89. The third-order valence-electron chi connectivity index (χ3n) is 3.76. The number of anilines is 3. The Morgan fingerprint density at radius 3 is 2.41 bits per heavy atom. The number of nitrogens with zero attached hydrogens (tertiary/aromatic N) is 1. The van der Waals surface area contributed by atoms with Crippen molar-refractivity contribution in [1.82, 2.24) is 0 Å². The third-order valence-corrected chi connectivity index (χ3v) is 3.76. The molecule has 1 aliphatic rings. The Labute approximate surface area is 104 Å². The highest BCUT2D eigenvalue weighted by Crippen LogP contribution is 2.29. The molecule has 0 saturated heterocycles. The molecule has 1 saturated carbocycles. The minimum Gasteiger partial charge on any atom is -0.397 e. The van der Waals surface area contributed by atoms with Crippen LogP contribution in [0, 0.1) is 0 Å². The Bertz CT molecular complexity index is 370. The van der Waals surface area contributed by atoms with Crippen molar-refractivity contribution in [2.75, 3.05) is 22.9 Å². The smallest absolute Gasteiger partial charge is 0.0568 e. The average Bonchev–Trinajstić information content (AvgIpc) is 2.36. The van der Waals surface area contributed by atoms with Crippen molar-refractivity contribution in [3.63, 3.8) is 0 Å². The van der Waals surface area contributed by atoms with Gasteiger partial charge in [0.15, 0.2) is 0 Å². The van der Waals surface area contributed by atoms with Crippen LogP contribution in [0.15, 0.2) is 18.2 Å². The first-order valence-electron chi connectivity index (χ1n) is 6.64. The molecule has 1 fully saturated rings. The summed E-state index contributed by atoms with van der Waals surface area (Å²) >= 11 is 0. The van der Waals surface area contributed by atoms with Gasteiger partial charge in [-0.3, -0.25) is 0 Å². The second kappa shape index (κ2) is 5.30. The predicted octanol–water partition coefficient (Wildman–Crippen LogP) is 3.01. The zero-order valence-corrected chi connectivity index (χ0v) is 10.7. The molecule has 0 bridgehead atoms. The van der Waals surface area contributed by atoms with Crippen molar-refractivity contribution >= 4 is 17.1 Å². The van der Waals surface area contributed by atoms with Gasteiger partial charge in [0.1, 0.15) is 0 Å². The van der Waals surface area contributed by atoms with E-state index < -0.39 is 0 Å². The number of rotatable bonds is 3. The molecule has 0 radical (unpaired) electrons. The van der Waals surface area contributed by atoms with Gasteiger partial charge in [-0.1, -0.05) is 19.3 Å². The third kappa shape index (κ3) is 2.65. The van der Waals surface area contributed by atoms with Crippen LogP contribution in [0.3, 0.4) is 0 Å². The average molecular weight is 233 g/mol. The van der Waals surface area contributed by atoms with Crippen LogP contribution in [-0.2, 0) is 0 Å². The minimum absolute atomic E-state index is 0.674. The fourth-order valence-electron chi connectivity index (χ4n) is 2.79. The molecule has 1 aliphatic carbocycles. The lowest BCUT2D eigenvalue weighted by molar-refractivity contribution is 0.418. The molecule has 0 atom stereocenters. The molecule has 0 spiro atoms. The van der Waals surface area contributed by atoms with Crippen molar-refractivity contribution in [2.24, 2.45) is 0 Å². The summed E-state index contributed by atoms with van der Waals surface area (Å²) in [6.07, 6.45) is 6.70. The summed E-state index contributed by atoms with van der Waals surface area (Å²) in [5, 5.41) is 0. The van der Waals surface area contributed by atoms with Crippen LogP contribution in [-0.4, -0.2) is 12.6 Å². The molecular weight excluding hydrogens is 210 g/mol. The quantitative estimate of drug-likeness (QED) is 0.789. The van der Waals surface area contributed by atoms with Crippen molar-refractivity contribution < 1.29 is 0 Å². The van der Waals surface area contributed by atoms with Gasteiger partial charge in [-0.25, -0.2) is 0 Å². The molecule has 94 valence electrons. The molecule has 4 N–H and O–H groups in total. The number of hydrogen-bond donors (Lipinski definition) is 2. The second-order valence-corrected chi connectivity index (χ2v) is 4.89. The normalized spacial score (nSPS) is 17.0. The summed E-state index contributed by atoms with van der Waals surface area (Å²) in [4.78, 5) is 2.47. The van der Waals surface area contributed by atoms with E-state index in [1.807, 2.05) is 12.1 Å². The zero-order valence-electron chi connectivity index (χ0n) is 10.7. The lowest BCUT2D eigenvalue weighted by atomic mass is 9.93. The van der Waals surface area contributed by atoms with E-state index >= 15 is 0 Å². The first kappa shape index (κ1) is 12.1. The Hall–Kier alpha value is -1.38. The molecule has 17 heavy (non-hydrogen) atoms. The van der Waals surface area contributed by atoms with E-state index in [0.29, 0.717) is 17.4 Å². The van der Waals surface area contributed by atoms with Crippen LogP contribution in [0.2, 0.25) is 0 Å². The van der Waals surface area contributed by atoms with Gasteiger partial charge in [0.05, 0.1) is 11.4 Å². The van der Waals surface area contributed by atoms with Gasteiger partial charge in [0, 0.05) is 18.3 Å². The van der Waals surface area contributed by atoms with Gasteiger partial charge >= 0.3 is 0 Å². The summed E-state index contributed by atoms with van der Waals surface area (Å²) in [5.74, 6) is 0. The van der Waals surface area contributed by atoms with Gasteiger partial charge in [0.25, 0.3) is 0 Å². The Kier molecular flexibility index (Phi) is 3.77. The maximum Gasteiger partial charge on any atom is 0.0568 e. The molecule has 0 heterocycles. The van der Waals surface area contributed by atoms with Gasteiger partial charge in [-0.15, -0.1) is 0 Å². The van der Waals surface area contributed by atoms with Crippen molar-refractivity contribution in [2.45, 2.75) is 45.1 Å². The second-order valence-electron chi connectivity index (χ2n) is 4.89. The highest BCUT2D eigenvalue weighted by molar-refractivity contribution is 5.70. The van der Waals surface area contributed by atoms with E-state index in [1.165, 1.54) is 37.8 Å². The van der Waals surface area contributed by atoms with Gasteiger partial charge in [-0.05, 0) is 38.0 Å². The first-order valence-corrected chi connectivity index (χ1v) is 6.64. The van der Waals surface area contributed by atoms with E-state index in [-0.39, 0.29) is 0 Å². The van der Waals surface area contributed by atoms with Crippen LogP contribution in [0.4, 0.5) is 17.1 Å². The zero-order chi connectivity index (χ0) is 12.3. The monoisotopic (exact) mass is 233 g/mol. The molecule has 0 amide bonds. The van der Waals surface area contributed by atoms with E-state index in [4.69, 9.17) is 11.5 Å². The number of benzene rings is 1. The fourth-order valence-corrected chi connectivity index (χ4v) is 2.79. The predicted molar refractivity (Wildman–Crippen MR) is 75.2 cm³/mol. The summed E-state index contributed by atoms with van der Waals surface area (Å²) in [7, 11) is 0. The van der Waals surface area contributed by atoms with Crippen molar-refractivity contribution in [3.05, 3.63) is 18.2 Å². The SMILES string of the molecule is CCN(c1ccc(N)c(N)c1)C1CCCCC1. The molecule has 0 aromatic heterocycles. The number of hydrogen-bond acceptors (Lipinski definition) is 3. The summed E-state index contributed by atoms with van der Waals surface area (Å²) in [6, 6.07) is 6.68. The van der Waals surface area contributed by atoms with Crippen LogP contribution >= 0.6 is 0 Å². The fraction of sp³-hybridized carbons (Fsp3) is 0.571. The van der Waals surface area contributed by atoms with Crippen LogP contribution in [0.1, 0.15) is 39.0 Å². The van der Waals surface area contributed by atoms with E-state index in [2.05, 4.69) is 17.9 Å². The van der Waals surface area contributed by atoms with Crippen LogP contribution < -0.4 is 16.4 Å². The standard InChI is InChI=1S/C14H23N3/c1-2-17(11-6-4-3-5-7-11)12-8-9-13(15)14(16)10-12/h8-11H,2-7,15-16H2,1H3. The summed E-state index contributed by atoms with van der Waals surface area (Å²) in [5.41, 5.74) is 14.2. The van der Waals surface area contributed by atoms with Crippen LogP contribution in [0.5, 0.6) is 0 Å². The van der Waals surface area contributed by atoms with E-state index in [1.54, 1.807) is 0 Å². The molecule has 1 aromatic rings. The lowest BCUT2D eigenvalue weighted by Gasteiger charge is -2.35. The summed E-state index contributed by atoms with van der Waals surface area (Å²) < 4.78 is 0. The molecular formula is C14H23N3. The van der Waals surface area contributed by atoms with Crippen molar-refractivity contribution in [1.29, 1.82) is 0 Å².